The van der Waals surface area contributed by atoms with E-state index in [1.165, 1.54) is 0 Å². The highest BCUT2D eigenvalue weighted by atomic mass is 32.1. The van der Waals surface area contributed by atoms with Gasteiger partial charge < -0.3 is 10.2 Å². The Morgan fingerprint density at radius 3 is 2.72 bits per heavy atom. The van der Waals surface area contributed by atoms with E-state index in [0.29, 0.717) is 30.2 Å². The quantitative estimate of drug-likeness (QED) is 0.757. The second-order valence-electron chi connectivity index (χ2n) is 8.14. The fourth-order valence-corrected chi connectivity index (χ4v) is 5.31. The van der Waals surface area contributed by atoms with Gasteiger partial charge in [0.05, 0.1) is 11.3 Å². The molecule has 0 aliphatic carbocycles. The molecule has 0 saturated carbocycles. The lowest BCUT2D eigenvalue weighted by Gasteiger charge is -2.41. The van der Waals surface area contributed by atoms with Gasteiger partial charge in [0.15, 0.2) is 6.04 Å². The molecule has 29 heavy (non-hydrogen) atoms. The number of carbonyl (C=O) groups is 1. The Hall–Kier alpha value is -2.03. The van der Waals surface area contributed by atoms with E-state index in [1.54, 1.807) is 24.3 Å². The fourth-order valence-electron chi connectivity index (χ4n) is 4.45. The van der Waals surface area contributed by atoms with Gasteiger partial charge in [-0.05, 0) is 51.5 Å². The maximum absolute atomic E-state index is 13.7. The van der Waals surface area contributed by atoms with Crippen LogP contribution in [0.25, 0.3) is 0 Å². The highest BCUT2D eigenvalue weighted by Crippen LogP contribution is 2.42. The number of nitrogens with one attached hydrogen (secondary N) is 1. The van der Waals surface area contributed by atoms with Gasteiger partial charge >= 0.3 is 6.18 Å². The van der Waals surface area contributed by atoms with Crippen LogP contribution in [0.3, 0.4) is 0 Å². The number of aromatic nitrogens is 2. The van der Waals surface area contributed by atoms with Crippen LogP contribution in [0.15, 0.2) is 11.4 Å². The molecule has 0 bridgehead atoms. The van der Waals surface area contributed by atoms with E-state index in [4.69, 9.17) is 0 Å². The normalized spacial score (nSPS) is 24.9. The number of nitrogens with zero attached hydrogens (tertiary/aromatic N) is 3. The standard InChI is InChI=1S/C20H25F3N4OS/c1-11-7-18-24-16(8-17(20(21,22)23)27(18)25-11)14-5-4-6-26(9-14)19(28)15-10-29-13(3)12(15)2/h7,10,14,16-17,24H,4-6,8-9H2,1-3H3/t14?,16-,17+/m0/s1. The Morgan fingerprint density at radius 1 is 1.31 bits per heavy atom. The first kappa shape index (κ1) is 20.3. The molecule has 0 radical (unpaired) electrons. The summed E-state index contributed by atoms with van der Waals surface area (Å²) in [5.41, 5.74) is 2.27. The minimum atomic E-state index is -4.36. The van der Waals surface area contributed by atoms with Gasteiger partial charge in [-0.1, -0.05) is 0 Å². The Kier molecular flexibility index (Phi) is 5.13. The van der Waals surface area contributed by atoms with E-state index >= 15 is 0 Å². The summed E-state index contributed by atoms with van der Waals surface area (Å²) in [6.45, 7) is 6.75. The number of hydrogen-bond acceptors (Lipinski definition) is 4. The van der Waals surface area contributed by atoms with Gasteiger partial charge in [-0.25, -0.2) is 4.68 Å². The van der Waals surface area contributed by atoms with Crippen molar-refractivity contribution in [2.24, 2.45) is 5.92 Å². The van der Waals surface area contributed by atoms with Gasteiger partial charge in [-0.2, -0.15) is 18.3 Å². The molecule has 0 spiro atoms. The fraction of sp³-hybridized carbons (Fsp3) is 0.600. The number of likely N-dealkylation sites (tertiary alicyclic amines) is 1. The SMILES string of the molecule is Cc1cc2n(n1)[C@@H](C(F)(F)F)C[C@@H](C1CCCN(C(=O)c3csc(C)c3C)C1)N2. The molecule has 1 saturated heterocycles. The molecule has 2 aliphatic rings. The smallest absolute Gasteiger partial charge is 0.367 e. The zero-order valence-corrected chi connectivity index (χ0v) is 17.5. The molecule has 2 aromatic rings. The summed E-state index contributed by atoms with van der Waals surface area (Å²) < 4.78 is 42.1. The summed E-state index contributed by atoms with van der Waals surface area (Å²) >= 11 is 1.56. The molecule has 1 unspecified atom stereocenters. The monoisotopic (exact) mass is 426 g/mol. The van der Waals surface area contributed by atoms with E-state index in [1.807, 2.05) is 24.1 Å². The Labute approximate surface area is 171 Å². The molecule has 1 fully saturated rings. The molecule has 4 rings (SSSR count). The minimum absolute atomic E-state index is 0.0133. The number of thiophene rings is 1. The molecular formula is C20H25F3N4OS. The molecule has 4 heterocycles. The summed E-state index contributed by atoms with van der Waals surface area (Å²) in [6, 6.07) is -0.315. The van der Waals surface area contributed by atoms with Gasteiger partial charge in [-0.15, -0.1) is 11.3 Å². The third kappa shape index (κ3) is 3.76. The van der Waals surface area contributed by atoms with Crippen LogP contribution >= 0.6 is 11.3 Å². The van der Waals surface area contributed by atoms with Crippen molar-refractivity contribution >= 4 is 23.1 Å². The second-order valence-corrected chi connectivity index (χ2v) is 9.23. The molecule has 0 aromatic carbocycles. The van der Waals surface area contributed by atoms with Crippen molar-refractivity contribution in [3.63, 3.8) is 0 Å². The third-order valence-corrected chi connectivity index (χ3v) is 7.18. The van der Waals surface area contributed by atoms with Crippen LogP contribution in [0.4, 0.5) is 19.0 Å². The minimum Gasteiger partial charge on any atom is -0.367 e. The molecule has 158 valence electrons. The summed E-state index contributed by atoms with van der Waals surface area (Å²) in [7, 11) is 0. The number of aryl methyl sites for hydroxylation is 2. The van der Waals surface area contributed by atoms with E-state index in [0.717, 1.165) is 28.0 Å². The number of halogens is 3. The lowest BCUT2D eigenvalue weighted by Crippen LogP contribution is -2.49. The maximum atomic E-state index is 13.7. The molecule has 1 N–H and O–H groups in total. The Balaban J connectivity index is 1.54. The molecular weight excluding hydrogens is 401 g/mol. The first-order valence-electron chi connectivity index (χ1n) is 9.88. The van der Waals surface area contributed by atoms with Crippen LogP contribution in [-0.2, 0) is 0 Å². The number of amides is 1. The van der Waals surface area contributed by atoms with E-state index in [-0.39, 0.29) is 24.3 Å². The molecule has 2 aromatic heterocycles. The largest absolute Gasteiger partial charge is 0.410 e. The highest BCUT2D eigenvalue weighted by Gasteiger charge is 2.48. The molecule has 1 amide bonds. The van der Waals surface area contributed by atoms with E-state index in [2.05, 4.69) is 10.4 Å². The van der Waals surface area contributed by atoms with Gasteiger partial charge in [0.25, 0.3) is 5.91 Å². The van der Waals surface area contributed by atoms with Gasteiger partial charge in [0.1, 0.15) is 5.82 Å². The van der Waals surface area contributed by atoms with Crippen LogP contribution in [0.2, 0.25) is 0 Å². The number of fused-ring (bicyclic) bond motifs is 1. The van der Waals surface area contributed by atoms with Crippen molar-refractivity contribution < 1.29 is 18.0 Å². The lowest BCUT2D eigenvalue weighted by molar-refractivity contribution is -0.174. The number of piperidine rings is 1. The van der Waals surface area contributed by atoms with Crippen LogP contribution in [0.1, 0.15) is 51.8 Å². The van der Waals surface area contributed by atoms with E-state index in [9.17, 15) is 18.0 Å². The number of rotatable bonds is 2. The average molecular weight is 427 g/mol. The van der Waals surface area contributed by atoms with Crippen molar-refractivity contribution in [3.8, 4) is 0 Å². The number of alkyl halides is 3. The zero-order chi connectivity index (χ0) is 20.9. The predicted molar refractivity (Wildman–Crippen MR) is 107 cm³/mol. The van der Waals surface area contributed by atoms with Crippen LogP contribution in [0.5, 0.6) is 0 Å². The second kappa shape index (κ2) is 7.34. The van der Waals surface area contributed by atoms with Crippen LogP contribution < -0.4 is 5.32 Å². The first-order valence-corrected chi connectivity index (χ1v) is 10.8. The summed E-state index contributed by atoms with van der Waals surface area (Å²) in [6.07, 6.45) is -2.82. The van der Waals surface area contributed by atoms with Gasteiger partial charge in [-0.3, -0.25) is 4.79 Å². The molecule has 2 aliphatic heterocycles. The molecule has 3 atom stereocenters. The summed E-state index contributed by atoms with van der Waals surface area (Å²) in [4.78, 5) is 15.9. The topological polar surface area (TPSA) is 50.2 Å². The summed E-state index contributed by atoms with van der Waals surface area (Å²) in [5.74, 6) is 0.371. The lowest BCUT2D eigenvalue weighted by atomic mass is 9.85. The first-order chi connectivity index (χ1) is 13.6. The van der Waals surface area contributed by atoms with E-state index < -0.39 is 12.2 Å². The van der Waals surface area contributed by atoms with Gasteiger partial charge in [0, 0.05) is 35.5 Å². The van der Waals surface area contributed by atoms with Crippen molar-refractivity contribution in [3.05, 3.63) is 33.1 Å². The van der Waals surface area contributed by atoms with Crippen molar-refractivity contribution in [1.82, 2.24) is 14.7 Å². The zero-order valence-electron chi connectivity index (χ0n) is 16.7. The third-order valence-electron chi connectivity index (χ3n) is 6.17. The Bertz CT molecular complexity index is 919. The number of carbonyl (C=O) groups excluding carboxylic acids is 1. The number of anilines is 1. The number of hydrogen-bond donors (Lipinski definition) is 1. The van der Waals surface area contributed by atoms with Crippen molar-refractivity contribution in [2.45, 2.75) is 58.3 Å². The van der Waals surface area contributed by atoms with Crippen LogP contribution in [-0.4, -0.2) is 45.9 Å². The van der Waals surface area contributed by atoms with Crippen LogP contribution in [0, 0.1) is 26.7 Å². The maximum Gasteiger partial charge on any atom is 0.410 e. The molecule has 9 heteroatoms. The van der Waals surface area contributed by atoms with Gasteiger partial charge in [0.2, 0.25) is 0 Å². The van der Waals surface area contributed by atoms with Crippen molar-refractivity contribution in [1.29, 1.82) is 0 Å². The highest BCUT2D eigenvalue weighted by molar-refractivity contribution is 7.10. The summed E-state index contributed by atoms with van der Waals surface area (Å²) in [5, 5.41) is 9.20. The van der Waals surface area contributed by atoms with Crippen molar-refractivity contribution in [2.75, 3.05) is 18.4 Å². The average Bonchev–Trinajstić information content (AvgIpc) is 3.21. The Morgan fingerprint density at radius 2 is 2.07 bits per heavy atom. The predicted octanol–water partition coefficient (Wildman–Crippen LogP) is 4.71. The molecule has 5 nitrogen and oxygen atoms in total.